The van der Waals surface area contributed by atoms with Crippen LogP contribution >= 0.6 is 0 Å². The fourth-order valence-corrected chi connectivity index (χ4v) is 3.66. The first-order chi connectivity index (χ1) is 15.7. The minimum Gasteiger partial charge on any atom is -0.508 e. The molecule has 0 amide bonds. The second-order valence-electron chi connectivity index (χ2n) is 7.16. The number of aromatic amines is 2. The Hall–Kier alpha value is -4.73. The molecule has 0 saturated carbocycles. The molecule has 1 aromatic carbocycles. The van der Waals surface area contributed by atoms with Crippen molar-refractivity contribution in [2.75, 3.05) is 0 Å². The molecule has 9 nitrogen and oxygen atoms in total. The fourth-order valence-electron chi connectivity index (χ4n) is 3.66. The van der Waals surface area contributed by atoms with Gasteiger partial charge in [-0.15, -0.1) is 0 Å². The second kappa shape index (κ2) is 6.91. The number of H-pyrrole nitrogens is 2. The summed E-state index contributed by atoms with van der Waals surface area (Å²) < 4.78 is 13.8. The van der Waals surface area contributed by atoms with Gasteiger partial charge < -0.3 is 10.1 Å². The number of phenols is 1. The average Bonchev–Trinajstić information content (AvgIpc) is 3.42. The fraction of sp³-hybridized carbons (Fsp3) is 0. The van der Waals surface area contributed by atoms with E-state index in [9.17, 15) is 9.50 Å². The molecule has 5 aromatic heterocycles. The lowest BCUT2D eigenvalue weighted by Crippen LogP contribution is -1.87. The normalized spacial score (nSPS) is 11.4. The van der Waals surface area contributed by atoms with Crippen molar-refractivity contribution in [1.29, 1.82) is 0 Å². The van der Waals surface area contributed by atoms with Gasteiger partial charge in [0.2, 0.25) is 0 Å². The van der Waals surface area contributed by atoms with Crippen molar-refractivity contribution in [2.24, 2.45) is 0 Å². The Morgan fingerprint density at radius 1 is 0.906 bits per heavy atom. The van der Waals surface area contributed by atoms with Crippen LogP contribution in [-0.2, 0) is 0 Å². The van der Waals surface area contributed by atoms with Gasteiger partial charge in [-0.25, -0.2) is 24.3 Å². The molecule has 10 heteroatoms. The molecule has 0 spiro atoms. The maximum absolute atomic E-state index is 13.8. The van der Waals surface area contributed by atoms with Gasteiger partial charge in [0.25, 0.3) is 0 Å². The molecular formula is C22H13FN8O. The zero-order valence-electron chi connectivity index (χ0n) is 16.3. The van der Waals surface area contributed by atoms with E-state index in [1.807, 2.05) is 6.07 Å². The lowest BCUT2D eigenvalue weighted by Gasteiger charge is -2.03. The molecule has 0 unspecified atom stereocenters. The third-order valence-electron chi connectivity index (χ3n) is 5.10. The van der Waals surface area contributed by atoms with Crippen molar-refractivity contribution >= 4 is 22.1 Å². The number of nitrogens with zero attached hydrogens (tertiary/aromatic N) is 6. The molecule has 0 aliphatic rings. The first kappa shape index (κ1) is 18.1. The van der Waals surface area contributed by atoms with Crippen LogP contribution in [-0.4, -0.2) is 45.2 Å². The Kier molecular flexibility index (Phi) is 3.90. The van der Waals surface area contributed by atoms with Gasteiger partial charge in [0.05, 0.1) is 16.6 Å². The summed E-state index contributed by atoms with van der Waals surface area (Å²) in [6.07, 6.45) is 8.20. The number of aromatic nitrogens is 8. The number of hydrogen-bond acceptors (Lipinski definition) is 7. The highest BCUT2D eigenvalue weighted by Gasteiger charge is 2.17. The van der Waals surface area contributed by atoms with Gasteiger partial charge in [-0.2, -0.15) is 5.10 Å². The molecule has 154 valence electrons. The zero-order valence-corrected chi connectivity index (χ0v) is 16.3. The van der Waals surface area contributed by atoms with Crippen LogP contribution in [0.1, 0.15) is 0 Å². The number of nitrogens with one attached hydrogen (secondary N) is 2. The Bertz CT molecular complexity index is 1590. The van der Waals surface area contributed by atoms with Crippen LogP contribution < -0.4 is 0 Å². The van der Waals surface area contributed by atoms with Crippen LogP contribution in [0.5, 0.6) is 5.75 Å². The van der Waals surface area contributed by atoms with Crippen LogP contribution in [0.25, 0.3) is 56.0 Å². The van der Waals surface area contributed by atoms with E-state index < -0.39 is 5.82 Å². The number of rotatable bonds is 3. The topological polar surface area (TPSA) is 129 Å². The predicted molar refractivity (Wildman–Crippen MR) is 115 cm³/mol. The van der Waals surface area contributed by atoms with Crippen LogP contribution in [0.4, 0.5) is 4.39 Å². The second-order valence-corrected chi connectivity index (χ2v) is 7.16. The maximum Gasteiger partial charge on any atom is 0.181 e. The molecule has 0 aliphatic heterocycles. The number of aromatic hydroxyl groups is 1. The van der Waals surface area contributed by atoms with Crippen LogP contribution in [0.3, 0.4) is 0 Å². The minimum absolute atomic E-state index is 0.183. The molecule has 0 radical (unpaired) electrons. The molecule has 0 saturated heterocycles. The Morgan fingerprint density at radius 3 is 2.62 bits per heavy atom. The molecule has 0 fully saturated rings. The summed E-state index contributed by atoms with van der Waals surface area (Å²) in [5, 5.41) is 17.8. The van der Waals surface area contributed by atoms with Gasteiger partial charge in [0.15, 0.2) is 11.5 Å². The summed E-state index contributed by atoms with van der Waals surface area (Å²) in [6, 6.07) is 7.51. The van der Waals surface area contributed by atoms with E-state index in [2.05, 4.69) is 35.1 Å². The van der Waals surface area contributed by atoms with Gasteiger partial charge in [0.1, 0.15) is 29.1 Å². The number of halogens is 1. The summed E-state index contributed by atoms with van der Waals surface area (Å²) in [5.41, 5.74) is 4.97. The summed E-state index contributed by atoms with van der Waals surface area (Å²) in [4.78, 5) is 24.8. The molecule has 6 rings (SSSR count). The Balaban J connectivity index is 1.52. The third kappa shape index (κ3) is 2.93. The number of imidazole rings is 1. The van der Waals surface area contributed by atoms with E-state index in [0.717, 1.165) is 22.6 Å². The van der Waals surface area contributed by atoms with Crippen LogP contribution in [0.2, 0.25) is 0 Å². The lowest BCUT2D eigenvalue weighted by molar-refractivity contribution is 0.469. The van der Waals surface area contributed by atoms with E-state index in [4.69, 9.17) is 4.98 Å². The smallest absolute Gasteiger partial charge is 0.181 e. The number of pyridine rings is 2. The Labute approximate surface area is 179 Å². The highest BCUT2D eigenvalue weighted by Crippen LogP contribution is 2.32. The monoisotopic (exact) mass is 424 g/mol. The molecule has 0 bridgehead atoms. The largest absolute Gasteiger partial charge is 0.508 e. The van der Waals surface area contributed by atoms with E-state index in [-0.39, 0.29) is 5.75 Å². The Morgan fingerprint density at radius 2 is 1.78 bits per heavy atom. The number of hydrogen-bond donors (Lipinski definition) is 3. The van der Waals surface area contributed by atoms with Gasteiger partial charge >= 0.3 is 0 Å². The van der Waals surface area contributed by atoms with Crippen molar-refractivity contribution in [3.8, 4) is 39.7 Å². The first-order valence-electron chi connectivity index (χ1n) is 9.60. The molecule has 32 heavy (non-hydrogen) atoms. The van der Waals surface area contributed by atoms with E-state index in [1.54, 1.807) is 30.9 Å². The van der Waals surface area contributed by atoms with Crippen LogP contribution in [0.15, 0.2) is 61.4 Å². The molecule has 5 heterocycles. The molecule has 0 aliphatic carbocycles. The van der Waals surface area contributed by atoms with Gasteiger partial charge in [0, 0.05) is 47.5 Å². The summed E-state index contributed by atoms with van der Waals surface area (Å²) in [5.74, 6) is -0.212. The van der Waals surface area contributed by atoms with E-state index >= 15 is 0 Å². The van der Waals surface area contributed by atoms with E-state index in [0.29, 0.717) is 39.5 Å². The third-order valence-corrected chi connectivity index (χ3v) is 5.10. The highest BCUT2D eigenvalue weighted by molar-refractivity contribution is 5.96. The molecular weight excluding hydrogens is 411 g/mol. The molecule has 0 atom stereocenters. The first-order valence-corrected chi connectivity index (χ1v) is 9.60. The van der Waals surface area contributed by atoms with Gasteiger partial charge in [-0.1, -0.05) is 0 Å². The van der Waals surface area contributed by atoms with Gasteiger partial charge in [-0.05, 0) is 24.3 Å². The lowest BCUT2D eigenvalue weighted by atomic mass is 10.1. The number of fused-ring (bicyclic) bond motifs is 2. The molecule has 3 N–H and O–H groups in total. The summed E-state index contributed by atoms with van der Waals surface area (Å²) >= 11 is 0. The maximum atomic E-state index is 13.8. The van der Waals surface area contributed by atoms with Gasteiger partial charge in [-0.3, -0.25) is 10.1 Å². The standard InChI is InChI=1S/C22H13FN8O/c23-14-3-11(4-15(32)6-14)18-20-17(1-2-26-18)28-22(29-20)19-16-5-12(9-27-21(16)31-30-19)13-7-24-10-25-8-13/h1-10,32H,(H,28,29)(H,27,30,31). The average molecular weight is 424 g/mol. The predicted octanol–water partition coefficient (Wildman–Crippen LogP) is 3.86. The summed E-state index contributed by atoms with van der Waals surface area (Å²) in [6.45, 7) is 0. The van der Waals surface area contributed by atoms with Crippen molar-refractivity contribution in [1.82, 2.24) is 40.1 Å². The van der Waals surface area contributed by atoms with Crippen molar-refractivity contribution in [2.45, 2.75) is 0 Å². The quantitative estimate of drug-likeness (QED) is 0.393. The highest BCUT2D eigenvalue weighted by atomic mass is 19.1. The zero-order chi connectivity index (χ0) is 21.7. The van der Waals surface area contributed by atoms with Crippen LogP contribution in [0, 0.1) is 5.82 Å². The molecule has 6 aromatic rings. The number of benzene rings is 1. The SMILES string of the molecule is Oc1cc(F)cc(-c2nccc3[nH]c(-c4[nH]nc5ncc(-c6cncnc6)cc45)nc23)c1. The van der Waals surface area contributed by atoms with E-state index in [1.165, 1.54) is 18.5 Å². The van der Waals surface area contributed by atoms with Crippen molar-refractivity contribution < 1.29 is 9.50 Å². The number of phenolic OH excluding ortho intramolecular Hbond substituents is 1. The van der Waals surface area contributed by atoms with Crippen molar-refractivity contribution in [3.63, 3.8) is 0 Å². The minimum atomic E-state index is -0.558. The summed E-state index contributed by atoms with van der Waals surface area (Å²) in [7, 11) is 0. The van der Waals surface area contributed by atoms with Crippen molar-refractivity contribution in [3.05, 3.63) is 67.3 Å².